The molecule has 7 nitrogen and oxygen atoms in total. The molecule has 1 aliphatic heterocycles. The number of nitrogens with one attached hydrogen (secondary N) is 1. The van der Waals surface area contributed by atoms with Crippen LogP contribution in [0.15, 0.2) is 58.0 Å². The number of benzene rings is 1. The second-order valence-electron chi connectivity index (χ2n) is 7.14. The number of rotatable bonds is 6. The van der Waals surface area contributed by atoms with Crippen molar-refractivity contribution in [2.24, 2.45) is 0 Å². The number of ether oxygens (including phenoxy) is 1. The van der Waals surface area contributed by atoms with E-state index in [2.05, 4.69) is 10.3 Å². The van der Waals surface area contributed by atoms with Gasteiger partial charge in [-0.1, -0.05) is 30.3 Å². The van der Waals surface area contributed by atoms with Crippen LogP contribution >= 0.6 is 0 Å². The van der Waals surface area contributed by atoms with Crippen LogP contribution in [0, 0.1) is 6.92 Å². The molecule has 29 heavy (non-hydrogen) atoms. The zero-order chi connectivity index (χ0) is 20.2. The van der Waals surface area contributed by atoms with Gasteiger partial charge in [-0.25, -0.2) is 9.78 Å². The smallest absolute Gasteiger partial charge is 0.349 e. The number of hydrogen-bond donors (Lipinski definition) is 1. The minimum Gasteiger partial charge on any atom is -0.424 e. The van der Waals surface area contributed by atoms with E-state index in [9.17, 15) is 9.59 Å². The third-order valence-corrected chi connectivity index (χ3v) is 5.05. The van der Waals surface area contributed by atoms with Gasteiger partial charge in [-0.05, 0) is 37.0 Å². The summed E-state index contributed by atoms with van der Waals surface area (Å²) in [6, 6.07) is 11.7. The molecule has 7 heteroatoms. The van der Waals surface area contributed by atoms with E-state index < -0.39 is 11.5 Å². The molecule has 1 N–H and O–H groups in total. The van der Waals surface area contributed by atoms with E-state index in [-0.39, 0.29) is 18.2 Å². The van der Waals surface area contributed by atoms with Crippen molar-refractivity contribution in [1.82, 2.24) is 14.9 Å². The first-order chi connectivity index (χ1) is 14.1. The molecule has 1 fully saturated rings. The number of hydrogen-bond acceptors (Lipinski definition) is 5. The standard InChI is InChI=1S/C22H23N3O4/c1-15-12-18(17-8-5-11-28-17)29-22(27)20(15)21(26)24-13-19-23-9-10-25(19)14-16-6-3-2-4-7-16/h2-4,6-7,9-10,12,17H,5,8,11,13-14H2,1H3,(H,24,26). The number of imidazole rings is 1. The van der Waals surface area contributed by atoms with Crippen LogP contribution in [0.5, 0.6) is 0 Å². The molecule has 1 unspecified atom stereocenters. The highest BCUT2D eigenvalue weighted by Gasteiger charge is 2.24. The van der Waals surface area contributed by atoms with Crippen molar-refractivity contribution < 1.29 is 13.9 Å². The van der Waals surface area contributed by atoms with Crippen LogP contribution in [-0.2, 0) is 17.8 Å². The Kier molecular flexibility index (Phi) is 5.57. The van der Waals surface area contributed by atoms with Crippen LogP contribution in [0.1, 0.15) is 52.0 Å². The zero-order valence-corrected chi connectivity index (χ0v) is 16.3. The van der Waals surface area contributed by atoms with Crippen LogP contribution in [0.4, 0.5) is 0 Å². The molecule has 4 rings (SSSR count). The molecule has 2 aromatic heterocycles. The van der Waals surface area contributed by atoms with E-state index in [4.69, 9.17) is 9.15 Å². The minimum absolute atomic E-state index is 0.0212. The van der Waals surface area contributed by atoms with Gasteiger partial charge in [-0.2, -0.15) is 0 Å². The fourth-order valence-electron chi connectivity index (χ4n) is 3.55. The van der Waals surface area contributed by atoms with Crippen LogP contribution in [0.3, 0.4) is 0 Å². The van der Waals surface area contributed by atoms with Crippen molar-refractivity contribution in [3.8, 4) is 0 Å². The summed E-state index contributed by atoms with van der Waals surface area (Å²) < 4.78 is 12.9. The molecule has 1 atom stereocenters. The average molecular weight is 393 g/mol. The summed E-state index contributed by atoms with van der Waals surface area (Å²) in [5.41, 5.74) is 1.10. The number of aryl methyl sites for hydroxylation is 1. The lowest BCUT2D eigenvalue weighted by atomic mass is 10.1. The molecule has 0 radical (unpaired) electrons. The van der Waals surface area contributed by atoms with Crippen molar-refractivity contribution in [1.29, 1.82) is 0 Å². The van der Waals surface area contributed by atoms with E-state index in [0.29, 0.717) is 30.3 Å². The molecule has 1 aliphatic rings. The fraction of sp³-hybridized carbons (Fsp3) is 0.318. The summed E-state index contributed by atoms with van der Waals surface area (Å²) >= 11 is 0. The summed E-state index contributed by atoms with van der Waals surface area (Å²) in [7, 11) is 0. The van der Waals surface area contributed by atoms with Gasteiger partial charge in [0.15, 0.2) is 0 Å². The molecule has 150 valence electrons. The van der Waals surface area contributed by atoms with E-state index in [1.54, 1.807) is 19.2 Å². The maximum Gasteiger partial charge on any atom is 0.349 e. The largest absolute Gasteiger partial charge is 0.424 e. The SMILES string of the molecule is Cc1cc(C2CCCO2)oc(=O)c1C(=O)NCc1nccn1Cc1ccccc1. The molecule has 0 aliphatic carbocycles. The highest BCUT2D eigenvalue weighted by Crippen LogP contribution is 2.28. The summed E-state index contributed by atoms with van der Waals surface area (Å²) in [4.78, 5) is 29.4. The number of amides is 1. The fourth-order valence-corrected chi connectivity index (χ4v) is 3.55. The van der Waals surface area contributed by atoms with Crippen molar-refractivity contribution >= 4 is 5.91 Å². The second-order valence-corrected chi connectivity index (χ2v) is 7.14. The topological polar surface area (TPSA) is 86.4 Å². The summed E-state index contributed by atoms with van der Waals surface area (Å²) in [5, 5.41) is 2.78. The Morgan fingerprint density at radius 3 is 2.86 bits per heavy atom. The van der Waals surface area contributed by atoms with Crippen molar-refractivity contribution in [2.45, 2.75) is 39.0 Å². The van der Waals surface area contributed by atoms with Crippen LogP contribution in [-0.4, -0.2) is 22.1 Å². The van der Waals surface area contributed by atoms with Gasteiger partial charge in [0.05, 0.1) is 6.54 Å². The Bertz CT molecular complexity index is 1050. The van der Waals surface area contributed by atoms with Crippen molar-refractivity contribution in [2.75, 3.05) is 6.61 Å². The Balaban J connectivity index is 1.45. The van der Waals surface area contributed by atoms with Crippen molar-refractivity contribution in [3.63, 3.8) is 0 Å². The molecule has 3 aromatic rings. The predicted octanol–water partition coefficient (Wildman–Crippen LogP) is 2.97. The first-order valence-corrected chi connectivity index (χ1v) is 9.70. The number of carbonyl (C=O) groups excluding carboxylic acids is 1. The summed E-state index contributed by atoms with van der Waals surface area (Å²) in [6.07, 6.45) is 5.11. The lowest BCUT2D eigenvalue weighted by molar-refractivity contribution is 0.0882. The minimum atomic E-state index is -0.638. The highest BCUT2D eigenvalue weighted by molar-refractivity contribution is 5.95. The first kappa shape index (κ1) is 19.1. The Hall–Kier alpha value is -3.19. The molecule has 1 saturated heterocycles. The summed E-state index contributed by atoms with van der Waals surface area (Å²) in [5.74, 6) is 0.726. The predicted molar refractivity (Wildman–Crippen MR) is 107 cm³/mol. The lowest BCUT2D eigenvalue weighted by Crippen LogP contribution is -2.30. The molecule has 0 bridgehead atoms. The molecule has 1 amide bonds. The zero-order valence-electron chi connectivity index (χ0n) is 16.3. The molecular weight excluding hydrogens is 370 g/mol. The van der Waals surface area contributed by atoms with E-state index in [1.165, 1.54) is 0 Å². The molecular formula is C22H23N3O4. The van der Waals surface area contributed by atoms with E-state index >= 15 is 0 Å². The molecule has 0 saturated carbocycles. The van der Waals surface area contributed by atoms with Gasteiger partial charge < -0.3 is 19.0 Å². The Labute approximate surface area is 168 Å². The van der Waals surface area contributed by atoms with Gasteiger partial charge in [0.25, 0.3) is 5.91 Å². The lowest BCUT2D eigenvalue weighted by Gasteiger charge is -2.12. The van der Waals surface area contributed by atoms with E-state index in [1.807, 2.05) is 41.1 Å². The third kappa shape index (κ3) is 4.30. The second kappa shape index (κ2) is 8.45. The normalized spacial score (nSPS) is 16.1. The number of aromatic nitrogens is 2. The number of carbonyl (C=O) groups is 1. The third-order valence-electron chi connectivity index (χ3n) is 5.05. The average Bonchev–Trinajstić information content (AvgIpc) is 3.39. The maximum atomic E-state index is 12.6. The molecule has 3 heterocycles. The van der Waals surface area contributed by atoms with E-state index in [0.717, 1.165) is 18.4 Å². The van der Waals surface area contributed by atoms with Crippen molar-refractivity contribution in [3.05, 3.63) is 87.5 Å². The Morgan fingerprint density at radius 2 is 2.14 bits per heavy atom. The van der Waals surface area contributed by atoms with Crippen LogP contribution in [0.2, 0.25) is 0 Å². The monoisotopic (exact) mass is 393 g/mol. The first-order valence-electron chi connectivity index (χ1n) is 9.70. The van der Waals surface area contributed by atoms with Gasteiger partial charge in [0, 0.05) is 25.5 Å². The van der Waals surface area contributed by atoms with Gasteiger partial charge in [0.2, 0.25) is 0 Å². The maximum absolute atomic E-state index is 12.6. The van der Waals surface area contributed by atoms with Gasteiger partial charge >= 0.3 is 5.63 Å². The number of nitrogens with zero attached hydrogens (tertiary/aromatic N) is 2. The Morgan fingerprint density at radius 1 is 1.31 bits per heavy atom. The van der Waals surface area contributed by atoms with Gasteiger partial charge in [0.1, 0.15) is 23.3 Å². The van der Waals surface area contributed by atoms with Crippen LogP contribution < -0.4 is 10.9 Å². The van der Waals surface area contributed by atoms with Crippen LogP contribution in [0.25, 0.3) is 0 Å². The quantitative estimate of drug-likeness (QED) is 0.696. The van der Waals surface area contributed by atoms with Gasteiger partial charge in [-0.3, -0.25) is 4.79 Å². The molecule has 0 spiro atoms. The molecule has 1 aromatic carbocycles. The summed E-state index contributed by atoms with van der Waals surface area (Å²) in [6.45, 7) is 3.26. The van der Waals surface area contributed by atoms with Gasteiger partial charge in [-0.15, -0.1) is 0 Å². The highest BCUT2D eigenvalue weighted by atomic mass is 16.5.